The number of esters is 2. The van der Waals surface area contributed by atoms with Gasteiger partial charge in [0.05, 0.1) is 0 Å². The Bertz CT molecular complexity index is 565. The summed E-state index contributed by atoms with van der Waals surface area (Å²) in [5, 5.41) is 18.9. The smallest absolute Gasteiger partial charge is 0.331 e. The first-order chi connectivity index (χ1) is 13.3. The lowest BCUT2D eigenvalue weighted by molar-refractivity contribution is -0.149. The number of hydrogen-bond donors (Lipinski definition) is 2. The van der Waals surface area contributed by atoms with Crippen LogP contribution in [0.5, 0.6) is 0 Å². The van der Waals surface area contributed by atoms with Gasteiger partial charge in [0.25, 0.3) is 0 Å². The minimum absolute atomic E-state index is 0.107. The van der Waals surface area contributed by atoms with Crippen LogP contribution in [0.25, 0.3) is 0 Å². The number of rotatable bonds is 4. The van der Waals surface area contributed by atoms with Gasteiger partial charge in [-0.3, -0.25) is 0 Å². The van der Waals surface area contributed by atoms with Crippen molar-refractivity contribution in [3.8, 4) is 0 Å². The van der Waals surface area contributed by atoms with Crippen molar-refractivity contribution in [1.29, 1.82) is 0 Å². The predicted octanol–water partition coefficient (Wildman–Crippen LogP) is 2.58. The van der Waals surface area contributed by atoms with Crippen LogP contribution in [0.15, 0.2) is 48.6 Å². The molecule has 28 heavy (non-hydrogen) atoms. The normalized spacial score (nSPS) is 33.8. The summed E-state index contributed by atoms with van der Waals surface area (Å²) in [4.78, 5) is 24.3. The van der Waals surface area contributed by atoms with Crippen molar-refractivity contribution in [2.45, 2.75) is 39.9 Å². The molecule has 1 aliphatic heterocycles. The summed E-state index contributed by atoms with van der Waals surface area (Å²) in [7, 11) is 0. The molecule has 2 N–H and O–H groups in total. The maximum Gasteiger partial charge on any atom is 0.331 e. The fourth-order valence-corrected chi connectivity index (χ4v) is 3.00. The summed E-state index contributed by atoms with van der Waals surface area (Å²) >= 11 is 0. The molecule has 0 aliphatic carbocycles. The van der Waals surface area contributed by atoms with Crippen LogP contribution in [-0.2, 0) is 19.1 Å². The van der Waals surface area contributed by atoms with Crippen LogP contribution in [0.2, 0.25) is 0 Å². The van der Waals surface area contributed by atoms with Crippen molar-refractivity contribution >= 4 is 11.9 Å². The molecule has 0 spiro atoms. The van der Waals surface area contributed by atoms with E-state index in [1.165, 1.54) is 12.2 Å². The lowest BCUT2D eigenvalue weighted by Crippen LogP contribution is -2.32. The van der Waals surface area contributed by atoms with E-state index in [2.05, 4.69) is 0 Å². The van der Waals surface area contributed by atoms with Crippen LogP contribution in [0.1, 0.15) is 27.7 Å². The molecular formula is C22H32O6. The SMILES string of the molecule is CC1/C=C/C=C/C(=O)OC(C(C)CO)C(C)/C=C/C=C/C(=O)OC1C(C)CO. The Hall–Kier alpha value is -2.18. The lowest BCUT2D eigenvalue weighted by Gasteiger charge is -2.26. The highest BCUT2D eigenvalue weighted by Crippen LogP contribution is 2.20. The van der Waals surface area contributed by atoms with E-state index in [1.54, 1.807) is 36.5 Å². The second-order valence-corrected chi connectivity index (χ2v) is 7.33. The third kappa shape index (κ3) is 7.82. The van der Waals surface area contributed by atoms with Gasteiger partial charge >= 0.3 is 11.9 Å². The number of hydrogen-bond acceptors (Lipinski definition) is 6. The van der Waals surface area contributed by atoms with Gasteiger partial charge in [0, 0.05) is 49.0 Å². The Morgan fingerprint density at radius 3 is 1.46 bits per heavy atom. The van der Waals surface area contributed by atoms with Crippen LogP contribution < -0.4 is 0 Å². The van der Waals surface area contributed by atoms with Gasteiger partial charge in [0.15, 0.2) is 0 Å². The number of cyclic esters (lactones) is 2. The van der Waals surface area contributed by atoms with E-state index < -0.39 is 24.1 Å². The molecule has 0 aromatic heterocycles. The Morgan fingerprint density at radius 1 is 0.786 bits per heavy atom. The molecule has 0 saturated heterocycles. The number of carbonyl (C=O) groups is 2. The molecule has 6 heteroatoms. The summed E-state index contributed by atoms with van der Waals surface area (Å²) in [6, 6.07) is 0. The maximum absolute atomic E-state index is 12.1. The fourth-order valence-electron chi connectivity index (χ4n) is 3.00. The Kier molecular flexibility index (Phi) is 10.5. The van der Waals surface area contributed by atoms with Crippen molar-refractivity contribution in [1.82, 2.24) is 0 Å². The first-order valence-electron chi connectivity index (χ1n) is 9.62. The zero-order valence-electron chi connectivity index (χ0n) is 17.0. The Balaban J connectivity index is 3.12. The zero-order chi connectivity index (χ0) is 21.1. The standard InChI is InChI=1S/C22H32O6/c1-15-9-5-7-11-20(26)28-22(18(4)14-24)16(2)10-6-8-12-19(25)27-21(15)17(3)13-23/h5-12,15-18,21-24H,13-14H2,1-4H3/b9-5+,10-6+,11-7+,12-8+. The molecule has 1 rings (SSSR count). The molecule has 0 amide bonds. The number of carbonyl (C=O) groups excluding carboxylic acids is 2. The molecule has 156 valence electrons. The van der Waals surface area contributed by atoms with Crippen LogP contribution in [0, 0.1) is 23.7 Å². The van der Waals surface area contributed by atoms with Crippen molar-refractivity contribution < 1.29 is 29.3 Å². The second kappa shape index (κ2) is 12.3. The third-order valence-electron chi connectivity index (χ3n) is 4.75. The topological polar surface area (TPSA) is 93.1 Å². The number of ether oxygens (including phenoxy) is 2. The molecule has 0 saturated carbocycles. The minimum Gasteiger partial charge on any atom is -0.458 e. The van der Waals surface area contributed by atoms with Gasteiger partial charge in [-0.2, -0.15) is 0 Å². The van der Waals surface area contributed by atoms with Gasteiger partial charge in [-0.1, -0.05) is 64.2 Å². The van der Waals surface area contributed by atoms with E-state index in [9.17, 15) is 19.8 Å². The number of aliphatic hydroxyl groups is 2. The average molecular weight is 392 g/mol. The molecule has 6 nitrogen and oxygen atoms in total. The van der Waals surface area contributed by atoms with Crippen molar-refractivity contribution in [3.05, 3.63) is 48.6 Å². The monoisotopic (exact) mass is 392 g/mol. The first kappa shape index (κ1) is 23.9. The van der Waals surface area contributed by atoms with Crippen LogP contribution >= 0.6 is 0 Å². The number of allylic oxidation sites excluding steroid dienone is 4. The molecule has 1 aliphatic rings. The van der Waals surface area contributed by atoms with Crippen molar-refractivity contribution in [3.63, 3.8) is 0 Å². The summed E-state index contributed by atoms with van der Waals surface area (Å²) < 4.78 is 11.0. The summed E-state index contributed by atoms with van der Waals surface area (Å²) in [5.41, 5.74) is 0. The molecule has 0 radical (unpaired) electrons. The minimum atomic E-state index is -0.496. The summed E-state index contributed by atoms with van der Waals surface area (Å²) in [6.45, 7) is 7.15. The van der Waals surface area contributed by atoms with E-state index in [1.807, 2.05) is 27.7 Å². The molecular weight excluding hydrogens is 360 g/mol. The molecule has 0 aromatic rings. The van der Waals surface area contributed by atoms with Crippen LogP contribution in [-0.4, -0.2) is 47.6 Å². The first-order valence-corrected chi connectivity index (χ1v) is 9.62. The summed E-state index contributed by atoms with van der Waals surface area (Å²) in [5.74, 6) is -1.77. The highest BCUT2D eigenvalue weighted by Gasteiger charge is 2.26. The van der Waals surface area contributed by atoms with E-state index >= 15 is 0 Å². The largest absolute Gasteiger partial charge is 0.458 e. The van der Waals surface area contributed by atoms with Gasteiger partial charge in [-0.15, -0.1) is 0 Å². The molecule has 1 heterocycles. The van der Waals surface area contributed by atoms with Crippen LogP contribution in [0.3, 0.4) is 0 Å². The van der Waals surface area contributed by atoms with Gasteiger partial charge in [0.1, 0.15) is 12.2 Å². The summed E-state index contributed by atoms with van der Waals surface area (Å²) in [6.07, 6.45) is 11.8. The molecule has 0 bridgehead atoms. The second-order valence-electron chi connectivity index (χ2n) is 7.33. The van der Waals surface area contributed by atoms with Gasteiger partial charge < -0.3 is 19.7 Å². The average Bonchev–Trinajstić information content (AvgIpc) is 2.68. The number of aliphatic hydroxyl groups excluding tert-OH is 2. The molecule has 6 unspecified atom stereocenters. The van der Waals surface area contributed by atoms with E-state index in [4.69, 9.17) is 9.47 Å². The lowest BCUT2D eigenvalue weighted by atomic mass is 9.93. The van der Waals surface area contributed by atoms with Crippen molar-refractivity contribution in [2.24, 2.45) is 23.7 Å². The Morgan fingerprint density at radius 2 is 1.14 bits per heavy atom. The van der Waals surface area contributed by atoms with E-state index in [-0.39, 0.29) is 36.9 Å². The van der Waals surface area contributed by atoms with Gasteiger partial charge in [-0.05, 0) is 0 Å². The Labute approximate surface area is 167 Å². The van der Waals surface area contributed by atoms with E-state index in [0.717, 1.165) is 0 Å². The van der Waals surface area contributed by atoms with Gasteiger partial charge in [-0.25, -0.2) is 9.59 Å². The van der Waals surface area contributed by atoms with Crippen LogP contribution in [0.4, 0.5) is 0 Å². The zero-order valence-corrected chi connectivity index (χ0v) is 17.0. The highest BCUT2D eigenvalue weighted by atomic mass is 16.5. The molecule has 6 atom stereocenters. The maximum atomic E-state index is 12.1. The quantitative estimate of drug-likeness (QED) is 0.715. The molecule has 0 aromatic carbocycles. The highest BCUT2D eigenvalue weighted by molar-refractivity contribution is 5.83. The fraction of sp³-hybridized carbons (Fsp3) is 0.545. The third-order valence-corrected chi connectivity index (χ3v) is 4.75. The van der Waals surface area contributed by atoms with E-state index in [0.29, 0.717) is 0 Å². The predicted molar refractivity (Wildman–Crippen MR) is 107 cm³/mol. The molecule has 0 fully saturated rings. The van der Waals surface area contributed by atoms with Gasteiger partial charge in [0.2, 0.25) is 0 Å². The van der Waals surface area contributed by atoms with Crippen molar-refractivity contribution in [2.75, 3.05) is 13.2 Å².